The molecule has 0 aliphatic carbocycles. The number of aryl methyl sites for hydroxylation is 1. The van der Waals surface area contributed by atoms with Gasteiger partial charge in [-0.25, -0.2) is 4.98 Å². The van der Waals surface area contributed by atoms with Crippen molar-refractivity contribution in [3.8, 4) is 5.75 Å². The van der Waals surface area contributed by atoms with Crippen LogP contribution >= 0.6 is 22.7 Å². The minimum atomic E-state index is -0.155. The molecule has 8 heteroatoms. The van der Waals surface area contributed by atoms with Crippen LogP contribution < -0.4 is 10.1 Å². The number of rotatable bonds is 6. The second-order valence-corrected chi connectivity index (χ2v) is 6.58. The second-order valence-electron chi connectivity index (χ2n) is 4.80. The van der Waals surface area contributed by atoms with Gasteiger partial charge >= 0.3 is 0 Å². The molecule has 0 spiro atoms. The number of nitrogens with one attached hydrogen (secondary N) is 1. The van der Waals surface area contributed by atoms with Crippen molar-refractivity contribution in [1.29, 1.82) is 0 Å². The van der Waals surface area contributed by atoms with Crippen molar-refractivity contribution < 1.29 is 9.53 Å². The number of nitrogens with zero attached hydrogens (tertiary/aromatic N) is 3. The normalized spacial score (nSPS) is 10.5. The smallest absolute Gasteiger partial charge is 0.232 e. The van der Waals surface area contributed by atoms with Crippen LogP contribution in [0.1, 0.15) is 16.3 Å². The van der Waals surface area contributed by atoms with Crippen LogP contribution in [0, 0.1) is 6.92 Å². The maximum absolute atomic E-state index is 11.9. The van der Waals surface area contributed by atoms with Crippen LogP contribution in [-0.4, -0.2) is 21.1 Å². The van der Waals surface area contributed by atoms with E-state index in [0.29, 0.717) is 11.7 Å². The number of carbonyl (C=O) groups excluding carboxylic acids is 1. The lowest BCUT2D eigenvalue weighted by Gasteiger charge is -2.03. The summed E-state index contributed by atoms with van der Waals surface area (Å²) in [6, 6.07) is 7.86. The number of aromatic nitrogens is 3. The van der Waals surface area contributed by atoms with Gasteiger partial charge in [-0.05, 0) is 19.1 Å². The van der Waals surface area contributed by atoms with Crippen LogP contribution in [-0.2, 0) is 17.8 Å². The molecule has 0 atom stereocenters. The molecule has 0 saturated carbocycles. The molecule has 3 rings (SSSR count). The van der Waals surface area contributed by atoms with Crippen molar-refractivity contribution in [3.05, 3.63) is 51.4 Å². The molecule has 1 aromatic carbocycles. The summed E-state index contributed by atoms with van der Waals surface area (Å²) in [5, 5.41) is 13.3. The maximum Gasteiger partial charge on any atom is 0.232 e. The van der Waals surface area contributed by atoms with Crippen molar-refractivity contribution in [2.75, 3.05) is 5.32 Å². The lowest BCUT2D eigenvalue weighted by Crippen LogP contribution is -2.14. The van der Waals surface area contributed by atoms with E-state index in [0.717, 1.165) is 16.5 Å². The third-order valence-electron chi connectivity index (χ3n) is 2.93. The molecule has 0 radical (unpaired) electrons. The Morgan fingerprint density at radius 3 is 2.83 bits per heavy atom. The van der Waals surface area contributed by atoms with E-state index in [2.05, 4.69) is 20.5 Å². The van der Waals surface area contributed by atoms with E-state index < -0.39 is 0 Å². The third-order valence-corrected chi connectivity index (χ3v) is 4.41. The minimum absolute atomic E-state index is 0.155. The number of thiazole rings is 1. The Labute approximate surface area is 141 Å². The van der Waals surface area contributed by atoms with Gasteiger partial charge in [-0.3, -0.25) is 4.79 Å². The summed E-state index contributed by atoms with van der Waals surface area (Å²) in [5.74, 6) is 0.652. The number of carbonyl (C=O) groups is 1. The van der Waals surface area contributed by atoms with Crippen LogP contribution in [0.25, 0.3) is 0 Å². The first kappa shape index (κ1) is 15.6. The van der Waals surface area contributed by atoms with Crippen molar-refractivity contribution in [2.24, 2.45) is 0 Å². The quantitative estimate of drug-likeness (QED) is 0.742. The third kappa shape index (κ3) is 4.57. The average molecular weight is 346 g/mol. The van der Waals surface area contributed by atoms with Crippen LogP contribution in [0.2, 0.25) is 0 Å². The predicted octanol–water partition coefficient (Wildman–Crippen LogP) is 3.06. The van der Waals surface area contributed by atoms with Crippen molar-refractivity contribution in [3.63, 3.8) is 0 Å². The molecular weight excluding hydrogens is 332 g/mol. The molecule has 0 fully saturated rings. The summed E-state index contributed by atoms with van der Waals surface area (Å²) in [7, 11) is 0. The molecule has 1 N–H and O–H groups in total. The number of amides is 1. The lowest BCUT2D eigenvalue weighted by atomic mass is 10.2. The fraction of sp³-hybridized carbons (Fsp3) is 0.200. The SMILES string of the molecule is Cc1ccc(OCc2nc(CC(=O)Nc3nncs3)cs2)cc1. The highest BCUT2D eigenvalue weighted by Gasteiger charge is 2.10. The lowest BCUT2D eigenvalue weighted by molar-refractivity contribution is -0.115. The van der Waals surface area contributed by atoms with Crippen LogP contribution in [0.15, 0.2) is 35.2 Å². The summed E-state index contributed by atoms with van der Waals surface area (Å²) in [6.45, 7) is 2.43. The topological polar surface area (TPSA) is 77.0 Å². The first-order valence-electron chi connectivity index (χ1n) is 6.88. The van der Waals surface area contributed by atoms with E-state index in [9.17, 15) is 4.79 Å². The second kappa shape index (κ2) is 7.30. The average Bonchev–Trinajstić information content (AvgIpc) is 3.19. The molecule has 0 aliphatic rings. The van der Waals surface area contributed by atoms with E-state index in [-0.39, 0.29) is 12.3 Å². The number of anilines is 1. The molecule has 0 bridgehead atoms. The Balaban J connectivity index is 1.51. The van der Waals surface area contributed by atoms with Gasteiger partial charge in [-0.2, -0.15) is 0 Å². The monoisotopic (exact) mass is 346 g/mol. The van der Waals surface area contributed by atoms with Crippen LogP contribution in [0.4, 0.5) is 5.13 Å². The van der Waals surface area contributed by atoms with Gasteiger partial charge in [-0.1, -0.05) is 29.0 Å². The molecule has 6 nitrogen and oxygen atoms in total. The molecule has 2 aromatic heterocycles. The van der Waals surface area contributed by atoms with Crippen molar-refractivity contribution >= 4 is 33.7 Å². The van der Waals surface area contributed by atoms with Crippen LogP contribution in [0.3, 0.4) is 0 Å². The largest absolute Gasteiger partial charge is 0.486 e. The summed E-state index contributed by atoms with van der Waals surface area (Å²) >= 11 is 2.76. The van der Waals surface area contributed by atoms with Gasteiger partial charge in [0, 0.05) is 5.38 Å². The fourth-order valence-corrected chi connectivity index (χ4v) is 3.00. The van der Waals surface area contributed by atoms with Gasteiger partial charge in [0.2, 0.25) is 11.0 Å². The van der Waals surface area contributed by atoms with Gasteiger partial charge in [0.25, 0.3) is 0 Å². The summed E-state index contributed by atoms with van der Waals surface area (Å²) in [4.78, 5) is 16.3. The first-order valence-corrected chi connectivity index (χ1v) is 8.64. The van der Waals surface area contributed by atoms with E-state index in [1.807, 2.05) is 36.6 Å². The molecule has 0 aliphatic heterocycles. The standard InChI is InChI=1S/C15H14N4O2S2/c1-10-2-4-12(5-3-10)21-7-14-17-11(8-22-14)6-13(20)18-15-19-16-9-23-15/h2-5,8-9H,6-7H2,1H3,(H,18,19,20). The zero-order valence-electron chi connectivity index (χ0n) is 12.4. The molecule has 0 saturated heterocycles. The highest BCUT2D eigenvalue weighted by atomic mass is 32.1. The van der Waals surface area contributed by atoms with E-state index in [4.69, 9.17) is 4.74 Å². The highest BCUT2D eigenvalue weighted by molar-refractivity contribution is 7.13. The predicted molar refractivity (Wildman–Crippen MR) is 89.9 cm³/mol. The van der Waals surface area contributed by atoms with Crippen molar-refractivity contribution in [2.45, 2.75) is 20.0 Å². The van der Waals surface area contributed by atoms with Gasteiger partial charge in [0.1, 0.15) is 22.9 Å². The Kier molecular flexibility index (Phi) is 4.94. The Bertz CT molecular complexity index is 769. The molecule has 23 heavy (non-hydrogen) atoms. The molecule has 1 amide bonds. The zero-order chi connectivity index (χ0) is 16.1. The molecule has 2 heterocycles. The Hall–Kier alpha value is -2.32. The number of benzene rings is 1. The van der Waals surface area contributed by atoms with Gasteiger partial charge < -0.3 is 10.1 Å². The number of hydrogen-bond acceptors (Lipinski definition) is 7. The van der Waals surface area contributed by atoms with Crippen LogP contribution in [0.5, 0.6) is 5.75 Å². The van der Waals surface area contributed by atoms with Gasteiger partial charge in [0.05, 0.1) is 12.1 Å². The maximum atomic E-state index is 11.9. The molecule has 118 valence electrons. The first-order chi connectivity index (χ1) is 11.2. The van der Waals surface area contributed by atoms with E-state index in [1.54, 1.807) is 5.51 Å². The summed E-state index contributed by atoms with van der Waals surface area (Å²) in [6.07, 6.45) is 0.209. The fourth-order valence-electron chi connectivity index (χ4n) is 1.83. The Morgan fingerprint density at radius 2 is 2.09 bits per heavy atom. The summed E-state index contributed by atoms with van der Waals surface area (Å²) < 4.78 is 5.68. The van der Waals surface area contributed by atoms with Gasteiger partial charge in [0.15, 0.2) is 0 Å². The van der Waals surface area contributed by atoms with E-state index >= 15 is 0 Å². The van der Waals surface area contributed by atoms with E-state index in [1.165, 1.54) is 28.2 Å². The zero-order valence-corrected chi connectivity index (χ0v) is 14.0. The minimum Gasteiger partial charge on any atom is -0.486 e. The molecule has 0 unspecified atom stereocenters. The van der Waals surface area contributed by atoms with Gasteiger partial charge in [-0.15, -0.1) is 21.5 Å². The molecule has 3 aromatic rings. The Morgan fingerprint density at radius 1 is 1.26 bits per heavy atom. The van der Waals surface area contributed by atoms with Crippen molar-refractivity contribution in [1.82, 2.24) is 15.2 Å². The molecular formula is C15H14N4O2S2. The number of ether oxygens (including phenoxy) is 1. The highest BCUT2D eigenvalue weighted by Crippen LogP contribution is 2.17. The summed E-state index contributed by atoms with van der Waals surface area (Å²) in [5.41, 5.74) is 3.48. The number of hydrogen-bond donors (Lipinski definition) is 1.